The van der Waals surface area contributed by atoms with E-state index >= 15 is 0 Å². The number of aliphatic hydroxyl groups is 1. The first kappa shape index (κ1) is 17.4. The number of nitrogens with two attached hydrogens (primary N) is 1. The molecule has 0 aliphatic heterocycles. The Morgan fingerprint density at radius 2 is 1.90 bits per heavy atom. The zero-order chi connectivity index (χ0) is 15.8. The predicted molar refractivity (Wildman–Crippen MR) is 82.0 cm³/mol. The fourth-order valence-electron chi connectivity index (χ4n) is 1.76. The van der Waals surface area contributed by atoms with Crippen molar-refractivity contribution in [2.45, 2.75) is 12.6 Å². The van der Waals surface area contributed by atoms with Gasteiger partial charge in [0.2, 0.25) is 5.91 Å². The van der Waals surface area contributed by atoms with Gasteiger partial charge in [-0.25, -0.2) is 0 Å². The number of carbonyl (C=O) groups is 1. The topological polar surface area (TPSA) is 79.0 Å². The number of amides is 1. The Kier molecular flexibility index (Phi) is 7.14. The molecule has 0 fully saturated rings. The lowest BCUT2D eigenvalue weighted by molar-refractivity contribution is -0.129. The van der Waals surface area contributed by atoms with Gasteiger partial charge in [0, 0.05) is 27.2 Å². The molecule has 118 valence electrons. The van der Waals surface area contributed by atoms with Crippen LogP contribution in [0, 0.1) is 0 Å². The summed E-state index contributed by atoms with van der Waals surface area (Å²) in [6.07, 6.45) is -0.654. The van der Waals surface area contributed by atoms with Gasteiger partial charge < -0.3 is 20.5 Å². The second kappa shape index (κ2) is 8.61. The summed E-state index contributed by atoms with van der Waals surface area (Å²) >= 11 is 0. The Balaban J connectivity index is 2.32. The Hall–Kier alpha value is -1.63. The monoisotopic (exact) mass is 295 g/mol. The van der Waals surface area contributed by atoms with E-state index in [1.165, 1.54) is 4.90 Å². The van der Waals surface area contributed by atoms with E-state index in [2.05, 4.69) is 0 Å². The van der Waals surface area contributed by atoms with Crippen molar-refractivity contribution in [1.29, 1.82) is 0 Å². The van der Waals surface area contributed by atoms with Gasteiger partial charge in [-0.05, 0) is 24.7 Å². The molecule has 1 atom stereocenters. The average Bonchev–Trinajstić information content (AvgIpc) is 2.45. The SMILES string of the molecule is CN(CC(=O)N(C)C)CC(O)COc1ccc(CN)cc1. The van der Waals surface area contributed by atoms with E-state index in [0.29, 0.717) is 18.8 Å². The standard InChI is InChI=1S/C15H25N3O3/c1-17(2)15(20)10-18(3)9-13(19)11-21-14-6-4-12(8-16)5-7-14/h4-7,13,19H,8-11,16H2,1-3H3. The zero-order valence-corrected chi connectivity index (χ0v) is 13.0. The van der Waals surface area contributed by atoms with Gasteiger partial charge >= 0.3 is 0 Å². The predicted octanol–water partition coefficient (Wildman–Crippen LogP) is -0.0950. The van der Waals surface area contributed by atoms with Crippen LogP contribution < -0.4 is 10.5 Å². The smallest absolute Gasteiger partial charge is 0.236 e. The second-order valence-electron chi connectivity index (χ2n) is 5.30. The van der Waals surface area contributed by atoms with Crippen LogP contribution >= 0.6 is 0 Å². The molecule has 1 aromatic carbocycles. The third-order valence-electron chi connectivity index (χ3n) is 3.03. The molecule has 0 saturated heterocycles. The summed E-state index contributed by atoms with van der Waals surface area (Å²) in [5.41, 5.74) is 6.55. The van der Waals surface area contributed by atoms with E-state index in [9.17, 15) is 9.90 Å². The number of carbonyl (C=O) groups excluding carboxylic acids is 1. The average molecular weight is 295 g/mol. The van der Waals surface area contributed by atoms with Crippen LogP contribution in [0.25, 0.3) is 0 Å². The molecule has 0 aliphatic rings. The zero-order valence-electron chi connectivity index (χ0n) is 13.0. The van der Waals surface area contributed by atoms with Crippen molar-refractivity contribution in [3.63, 3.8) is 0 Å². The van der Waals surface area contributed by atoms with Crippen LogP contribution in [0.5, 0.6) is 5.75 Å². The third-order valence-corrected chi connectivity index (χ3v) is 3.03. The summed E-state index contributed by atoms with van der Waals surface area (Å²) in [4.78, 5) is 14.8. The minimum atomic E-state index is -0.654. The van der Waals surface area contributed by atoms with Gasteiger partial charge in [0.1, 0.15) is 18.5 Å². The highest BCUT2D eigenvalue weighted by molar-refractivity contribution is 5.77. The Morgan fingerprint density at radius 3 is 2.43 bits per heavy atom. The van der Waals surface area contributed by atoms with Gasteiger partial charge in [0.15, 0.2) is 0 Å². The van der Waals surface area contributed by atoms with Crippen molar-refractivity contribution in [3.8, 4) is 5.75 Å². The lowest BCUT2D eigenvalue weighted by atomic mass is 10.2. The molecule has 1 aromatic rings. The maximum Gasteiger partial charge on any atom is 0.236 e. The third kappa shape index (κ3) is 6.57. The Morgan fingerprint density at radius 1 is 1.29 bits per heavy atom. The largest absolute Gasteiger partial charge is 0.491 e. The summed E-state index contributed by atoms with van der Waals surface area (Å²) in [5.74, 6) is 0.696. The Labute approximate surface area is 126 Å². The number of aliphatic hydroxyl groups excluding tert-OH is 1. The van der Waals surface area contributed by atoms with Gasteiger partial charge in [-0.3, -0.25) is 9.69 Å². The van der Waals surface area contributed by atoms with Gasteiger partial charge in [-0.2, -0.15) is 0 Å². The molecule has 0 saturated carbocycles. The summed E-state index contributed by atoms with van der Waals surface area (Å²) in [7, 11) is 5.21. The van der Waals surface area contributed by atoms with Crippen LogP contribution in [-0.2, 0) is 11.3 Å². The molecule has 3 N–H and O–H groups in total. The molecule has 1 unspecified atom stereocenters. The first-order chi connectivity index (χ1) is 9.92. The number of hydrogen-bond donors (Lipinski definition) is 2. The molecule has 0 radical (unpaired) electrons. The van der Waals surface area contributed by atoms with E-state index in [-0.39, 0.29) is 19.1 Å². The molecule has 0 spiro atoms. The summed E-state index contributed by atoms with van der Waals surface area (Å²) in [5, 5.41) is 9.92. The van der Waals surface area contributed by atoms with E-state index in [0.717, 1.165) is 5.56 Å². The van der Waals surface area contributed by atoms with Crippen LogP contribution in [0.4, 0.5) is 0 Å². The van der Waals surface area contributed by atoms with E-state index in [4.69, 9.17) is 10.5 Å². The molecule has 0 heterocycles. The molecule has 0 aliphatic carbocycles. The van der Waals surface area contributed by atoms with E-state index in [1.807, 2.05) is 24.3 Å². The number of rotatable bonds is 8. The number of benzene rings is 1. The van der Waals surface area contributed by atoms with Gasteiger partial charge in [0.25, 0.3) is 0 Å². The van der Waals surface area contributed by atoms with E-state index < -0.39 is 6.10 Å². The van der Waals surface area contributed by atoms with Crippen LogP contribution in [-0.4, -0.2) is 67.8 Å². The molecule has 0 bridgehead atoms. The molecule has 21 heavy (non-hydrogen) atoms. The highest BCUT2D eigenvalue weighted by atomic mass is 16.5. The molecular weight excluding hydrogens is 270 g/mol. The van der Waals surface area contributed by atoms with Gasteiger partial charge in [-0.15, -0.1) is 0 Å². The van der Waals surface area contributed by atoms with Crippen LogP contribution in [0.15, 0.2) is 24.3 Å². The van der Waals surface area contributed by atoms with Crippen molar-refractivity contribution in [1.82, 2.24) is 9.80 Å². The molecule has 1 rings (SSSR count). The first-order valence-corrected chi connectivity index (χ1v) is 6.91. The van der Waals surface area contributed by atoms with Gasteiger partial charge in [-0.1, -0.05) is 12.1 Å². The van der Waals surface area contributed by atoms with Crippen LogP contribution in [0.3, 0.4) is 0 Å². The maximum absolute atomic E-state index is 11.5. The molecule has 6 heteroatoms. The Bertz CT molecular complexity index is 434. The number of nitrogens with zero attached hydrogens (tertiary/aromatic N) is 2. The van der Waals surface area contributed by atoms with Crippen LogP contribution in [0.2, 0.25) is 0 Å². The lowest BCUT2D eigenvalue weighted by Crippen LogP contribution is -2.39. The summed E-state index contributed by atoms with van der Waals surface area (Å²) < 4.78 is 5.51. The van der Waals surface area contributed by atoms with Crippen molar-refractivity contribution in [2.75, 3.05) is 40.8 Å². The minimum Gasteiger partial charge on any atom is -0.491 e. The first-order valence-electron chi connectivity index (χ1n) is 6.91. The summed E-state index contributed by atoms with van der Waals surface area (Å²) in [6.45, 7) is 1.33. The molecular formula is C15H25N3O3. The summed E-state index contributed by atoms with van der Waals surface area (Å²) in [6, 6.07) is 7.44. The fraction of sp³-hybridized carbons (Fsp3) is 0.533. The van der Waals surface area contributed by atoms with Crippen molar-refractivity contribution in [2.24, 2.45) is 5.73 Å². The number of ether oxygens (including phenoxy) is 1. The van der Waals surface area contributed by atoms with Crippen molar-refractivity contribution >= 4 is 5.91 Å². The highest BCUT2D eigenvalue weighted by Gasteiger charge is 2.13. The molecule has 0 aromatic heterocycles. The normalized spacial score (nSPS) is 12.3. The molecule has 1 amide bonds. The van der Waals surface area contributed by atoms with Crippen LogP contribution in [0.1, 0.15) is 5.56 Å². The second-order valence-corrected chi connectivity index (χ2v) is 5.30. The maximum atomic E-state index is 11.5. The van der Waals surface area contributed by atoms with E-state index in [1.54, 1.807) is 26.0 Å². The minimum absolute atomic E-state index is 0.00277. The van der Waals surface area contributed by atoms with Crippen molar-refractivity contribution in [3.05, 3.63) is 29.8 Å². The highest BCUT2D eigenvalue weighted by Crippen LogP contribution is 2.12. The fourth-order valence-corrected chi connectivity index (χ4v) is 1.76. The molecule has 6 nitrogen and oxygen atoms in total. The number of likely N-dealkylation sites (N-methyl/N-ethyl adjacent to an activating group) is 2. The number of hydrogen-bond acceptors (Lipinski definition) is 5. The van der Waals surface area contributed by atoms with Gasteiger partial charge in [0.05, 0.1) is 6.54 Å². The quantitative estimate of drug-likeness (QED) is 0.700. The van der Waals surface area contributed by atoms with Crippen molar-refractivity contribution < 1.29 is 14.6 Å². The lowest BCUT2D eigenvalue weighted by Gasteiger charge is -2.21.